The Morgan fingerprint density at radius 1 is 1.25 bits per heavy atom. The first-order valence-electron chi connectivity index (χ1n) is 7.49. The molecule has 0 aliphatic carbocycles. The highest BCUT2D eigenvalue weighted by Crippen LogP contribution is 2.10. The highest BCUT2D eigenvalue weighted by atomic mass is 127. The minimum Gasteiger partial charge on any atom is -0.373 e. The lowest BCUT2D eigenvalue weighted by molar-refractivity contribution is -0.0679. The van der Waals surface area contributed by atoms with Crippen molar-refractivity contribution in [2.45, 2.75) is 46.3 Å². The zero-order valence-corrected chi connectivity index (χ0v) is 15.7. The van der Waals surface area contributed by atoms with Crippen molar-refractivity contribution in [1.29, 1.82) is 0 Å². The molecule has 1 aliphatic rings. The lowest BCUT2D eigenvalue weighted by atomic mass is 10.2. The predicted molar refractivity (Wildman–Crippen MR) is 95.9 cm³/mol. The second kappa shape index (κ2) is 10.6. The maximum atomic E-state index is 5.94. The van der Waals surface area contributed by atoms with Crippen LogP contribution >= 0.6 is 24.0 Å². The second-order valence-electron chi connectivity index (χ2n) is 5.28. The van der Waals surface area contributed by atoms with E-state index in [0.717, 1.165) is 45.7 Å². The second-order valence-corrected chi connectivity index (χ2v) is 5.28. The van der Waals surface area contributed by atoms with E-state index in [-0.39, 0.29) is 24.0 Å². The van der Waals surface area contributed by atoms with Gasteiger partial charge >= 0.3 is 0 Å². The van der Waals surface area contributed by atoms with E-state index in [0.29, 0.717) is 18.2 Å². The van der Waals surface area contributed by atoms with Crippen LogP contribution in [-0.4, -0.2) is 67.2 Å². The molecule has 2 unspecified atom stereocenters. The van der Waals surface area contributed by atoms with Crippen LogP contribution in [0.4, 0.5) is 0 Å². The summed E-state index contributed by atoms with van der Waals surface area (Å²) in [5.74, 6) is 0.675. The summed E-state index contributed by atoms with van der Waals surface area (Å²) >= 11 is 0. The van der Waals surface area contributed by atoms with Crippen LogP contribution in [0.5, 0.6) is 0 Å². The number of halogens is 1. The van der Waals surface area contributed by atoms with E-state index < -0.39 is 0 Å². The molecule has 0 saturated carbocycles. The first-order valence-corrected chi connectivity index (χ1v) is 7.49. The van der Waals surface area contributed by atoms with Gasteiger partial charge in [0.15, 0.2) is 5.96 Å². The van der Waals surface area contributed by atoms with Gasteiger partial charge in [-0.15, -0.1) is 24.0 Å². The molecule has 5 nitrogen and oxygen atoms in total. The van der Waals surface area contributed by atoms with Gasteiger partial charge in [-0.1, -0.05) is 0 Å². The van der Waals surface area contributed by atoms with Gasteiger partial charge in [0.1, 0.15) is 0 Å². The standard InChI is InChI=1S/C14H30N4O.HI/c1-5-18(6-2)14(15)16-8-7-9-17-10-12(3)19-13(4)11-17;/h12-13H,5-11H2,1-4H3,(H2,15,16);1H. The number of hydrogen-bond donors (Lipinski definition) is 1. The topological polar surface area (TPSA) is 54.1 Å². The molecular formula is C14H31IN4O. The van der Waals surface area contributed by atoms with E-state index in [1.807, 2.05) is 0 Å². The first-order chi connectivity index (χ1) is 9.06. The zero-order chi connectivity index (χ0) is 14.3. The fourth-order valence-corrected chi connectivity index (χ4v) is 2.60. The van der Waals surface area contributed by atoms with Gasteiger partial charge in [0.05, 0.1) is 12.2 Å². The third-order valence-electron chi connectivity index (χ3n) is 3.49. The van der Waals surface area contributed by atoms with Crippen LogP contribution in [0.15, 0.2) is 4.99 Å². The molecule has 0 amide bonds. The van der Waals surface area contributed by atoms with Gasteiger partial charge in [-0.05, 0) is 34.1 Å². The SMILES string of the molecule is CCN(CC)C(N)=NCCCN1CC(C)OC(C)C1.I. The molecule has 1 saturated heterocycles. The Bertz CT molecular complexity index is 274. The Balaban J connectivity index is 0.00000361. The summed E-state index contributed by atoms with van der Waals surface area (Å²) in [5.41, 5.74) is 5.94. The maximum absolute atomic E-state index is 5.94. The third kappa shape index (κ3) is 7.08. The van der Waals surface area contributed by atoms with E-state index in [2.05, 4.69) is 42.5 Å². The summed E-state index contributed by atoms with van der Waals surface area (Å²) in [4.78, 5) is 8.99. The Morgan fingerprint density at radius 2 is 1.80 bits per heavy atom. The van der Waals surface area contributed by atoms with Gasteiger partial charge in [-0.3, -0.25) is 9.89 Å². The fraction of sp³-hybridized carbons (Fsp3) is 0.929. The lowest BCUT2D eigenvalue weighted by Gasteiger charge is -2.35. The van der Waals surface area contributed by atoms with Crippen molar-refractivity contribution < 1.29 is 4.74 Å². The van der Waals surface area contributed by atoms with Crippen molar-refractivity contribution in [3.63, 3.8) is 0 Å². The summed E-state index contributed by atoms with van der Waals surface area (Å²) in [6.07, 6.45) is 1.74. The van der Waals surface area contributed by atoms with Crippen LogP contribution in [0.1, 0.15) is 34.1 Å². The fourth-order valence-electron chi connectivity index (χ4n) is 2.60. The number of hydrogen-bond acceptors (Lipinski definition) is 3. The van der Waals surface area contributed by atoms with Crippen molar-refractivity contribution in [3.8, 4) is 0 Å². The molecule has 0 bridgehead atoms. The molecule has 0 aromatic carbocycles. The molecule has 1 fully saturated rings. The van der Waals surface area contributed by atoms with Crippen LogP contribution in [-0.2, 0) is 4.74 Å². The monoisotopic (exact) mass is 398 g/mol. The third-order valence-corrected chi connectivity index (χ3v) is 3.49. The van der Waals surface area contributed by atoms with Gasteiger partial charge in [-0.25, -0.2) is 0 Å². The number of rotatable bonds is 6. The minimum atomic E-state index is 0. The van der Waals surface area contributed by atoms with Gasteiger partial charge < -0.3 is 15.4 Å². The van der Waals surface area contributed by atoms with Gasteiger partial charge in [0, 0.05) is 39.3 Å². The van der Waals surface area contributed by atoms with Crippen molar-refractivity contribution in [3.05, 3.63) is 0 Å². The van der Waals surface area contributed by atoms with Crippen LogP contribution < -0.4 is 5.73 Å². The molecule has 6 heteroatoms. The Hall–Kier alpha value is -0.0800. The van der Waals surface area contributed by atoms with Gasteiger partial charge in [0.25, 0.3) is 0 Å². The molecule has 0 aromatic rings. The Morgan fingerprint density at radius 3 is 2.30 bits per heavy atom. The molecule has 20 heavy (non-hydrogen) atoms. The van der Waals surface area contributed by atoms with Crippen LogP contribution in [0.25, 0.3) is 0 Å². The quantitative estimate of drug-likeness (QED) is 0.321. The molecule has 1 heterocycles. The van der Waals surface area contributed by atoms with Crippen molar-refractivity contribution in [2.75, 3.05) is 39.3 Å². The molecule has 0 spiro atoms. The number of ether oxygens (including phenoxy) is 1. The number of morpholine rings is 1. The molecule has 0 radical (unpaired) electrons. The Kier molecular flexibility index (Phi) is 10.6. The van der Waals surface area contributed by atoms with Crippen molar-refractivity contribution in [2.24, 2.45) is 10.7 Å². The first kappa shape index (κ1) is 19.9. The number of nitrogens with zero attached hydrogens (tertiary/aromatic N) is 3. The maximum Gasteiger partial charge on any atom is 0.191 e. The predicted octanol–water partition coefficient (Wildman–Crippen LogP) is 1.76. The molecule has 1 aliphatic heterocycles. The molecule has 1 rings (SSSR count). The summed E-state index contributed by atoms with van der Waals surface area (Å²) in [6.45, 7) is 14.3. The summed E-state index contributed by atoms with van der Waals surface area (Å²) in [5, 5.41) is 0. The number of aliphatic imine (C=N–C) groups is 1. The van der Waals surface area contributed by atoms with E-state index in [4.69, 9.17) is 10.5 Å². The van der Waals surface area contributed by atoms with Crippen molar-refractivity contribution in [1.82, 2.24) is 9.80 Å². The highest BCUT2D eigenvalue weighted by Gasteiger charge is 2.21. The van der Waals surface area contributed by atoms with Crippen LogP contribution in [0, 0.1) is 0 Å². The number of nitrogens with two attached hydrogens (primary N) is 1. The largest absolute Gasteiger partial charge is 0.373 e. The van der Waals surface area contributed by atoms with Gasteiger partial charge in [0.2, 0.25) is 0 Å². The molecule has 120 valence electrons. The van der Waals surface area contributed by atoms with E-state index in [1.165, 1.54) is 0 Å². The van der Waals surface area contributed by atoms with E-state index in [9.17, 15) is 0 Å². The smallest absolute Gasteiger partial charge is 0.191 e. The van der Waals surface area contributed by atoms with Gasteiger partial charge in [-0.2, -0.15) is 0 Å². The molecule has 2 N–H and O–H groups in total. The molecule has 0 aromatic heterocycles. The normalized spacial score (nSPS) is 24.3. The number of guanidine groups is 1. The van der Waals surface area contributed by atoms with Crippen LogP contribution in [0.3, 0.4) is 0 Å². The Labute approximate surface area is 140 Å². The van der Waals surface area contributed by atoms with Crippen molar-refractivity contribution >= 4 is 29.9 Å². The minimum absolute atomic E-state index is 0. The zero-order valence-electron chi connectivity index (χ0n) is 13.3. The average molecular weight is 398 g/mol. The van der Waals surface area contributed by atoms with E-state index in [1.54, 1.807) is 0 Å². The summed E-state index contributed by atoms with van der Waals surface area (Å²) in [7, 11) is 0. The summed E-state index contributed by atoms with van der Waals surface area (Å²) in [6, 6.07) is 0. The lowest BCUT2D eigenvalue weighted by Crippen LogP contribution is -2.45. The summed E-state index contributed by atoms with van der Waals surface area (Å²) < 4.78 is 5.73. The molecular weight excluding hydrogens is 367 g/mol. The average Bonchev–Trinajstić information content (AvgIpc) is 2.35. The van der Waals surface area contributed by atoms with Crippen LogP contribution in [0.2, 0.25) is 0 Å². The highest BCUT2D eigenvalue weighted by molar-refractivity contribution is 14.0. The van der Waals surface area contributed by atoms with E-state index >= 15 is 0 Å². The molecule has 2 atom stereocenters.